The number of aryl methyl sites for hydroxylation is 2. The van der Waals surface area contributed by atoms with Gasteiger partial charge in [0.2, 0.25) is 0 Å². The zero-order valence-electron chi connectivity index (χ0n) is 9.32. The van der Waals surface area contributed by atoms with Gasteiger partial charge in [-0.15, -0.1) is 0 Å². The van der Waals surface area contributed by atoms with Gasteiger partial charge in [-0.1, -0.05) is 6.92 Å². The fourth-order valence-electron chi connectivity index (χ4n) is 2.67. The Hall–Kier alpha value is -1.32. The summed E-state index contributed by atoms with van der Waals surface area (Å²) in [5.41, 5.74) is 3.38. The van der Waals surface area contributed by atoms with Crippen LogP contribution in [-0.4, -0.2) is 20.9 Å². The molecule has 0 amide bonds. The van der Waals surface area contributed by atoms with E-state index in [1.54, 1.807) is 0 Å². The Labute approximate surface area is 88.9 Å². The van der Waals surface area contributed by atoms with Crippen molar-refractivity contribution in [2.24, 2.45) is 13.0 Å². The maximum atomic E-state index is 10.8. The minimum Gasteiger partial charge on any atom is -0.481 e. The van der Waals surface area contributed by atoms with E-state index >= 15 is 0 Å². The van der Waals surface area contributed by atoms with Crippen LogP contribution in [0.25, 0.3) is 0 Å². The third-order valence-electron chi connectivity index (χ3n) is 3.36. The summed E-state index contributed by atoms with van der Waals surface area (Å²) in [6.45, 7) is 4.08. The van der Waals surface area contributed by atoms with Gasteiger partial charge >= 0.3 is 5.97 Å². The number of aliphatic carboxylic acids is 1. The van der Waals surface area contributed by atoms with Crippen LogP contribution in [0.2, 0.25) is 0 Å². The highest BCUT2D eigenvalue weighted by atomic mass is 16.4. The summed E-state index contributed by atoms with van der Waals surface area (Å²) in [5, 5.41) is 13.2. The maximum absolute atomic E-state index is 10.8. The molecule has 0 radical (unpaired) electrons. The van der Waals surface area contributed by atoms with Crippen LogP contribution >= 0.6 is 0 Å². The van der Waals surface area contributed by atoms with Gasteiger partial charge in [-0.25, -0.2) is 0 Å². The van der Waals surface area contributed by atoms with Crippen LogP contribution in [0.4, 0.5) is 0 Å². The standard InChI is InChI=1S/C11H16N2O2/c1-6-4-9-11(7(2)12-13(9)3)8(6)5-10(14)15/h6,8H,4-5H2,1-3H3,(H,14,15). The van der Waals surface area contributed by atoms with Crippen LogP contribution in [0.3, 0.4) is 0 Å². The molecule has 1 aromatic rings. The maximum Gasteiger partial charge on any atom is 0.303 e. The minimum atomic E-state index is -0.719. The van der Waals surface area contributed by atoms with Gasteiger partial charge in [-0.3, -0.25) is 9.48 Å². The van der Waals surface area contributed by atoms with E-state index in [2.05, 4.69) is 12.0 Å². The first-order valence-electron chi connectivity index (χ1n) is 5.25. The Morgan fingerprint density at radius 1 is 1.67 bits per heavy atom. The van der Waals surface area contributed by atoms with Gasteiger partial charge in [-0.2, -0.15) is 5.10 Å². The molecule has 1 N–H and O–H groups in total. The lowest BCUT2D eigenvalue weighted by molar-refractivity contribution is -0.137. The largest absolute Gasteiger partial charge is 0.481 e. The number of hydrogen-bond donors (Lipinski definition) is 1. The van der Waals surface area contributed by atoms with Crippen LogP contribution in [0.15, 0.2) is 0 Å². The van der Waals surface area contributed by atoms with Gasteiger partial charge in [0.15, 0.2) is 0 Å². The van der Waals surface area contributed by atoms with Gasteiger partial charge in [0.05, 0.1) is 12.1 Å². The number of hydrogen-bond acceptors (Lipinski definition) is 2. The SMILES string of the molecule is Cc1nn(C)c2c1C(CC(=O)O)C(C)C2. The van der Waals surface area contributed by atoms with Gasteiger partial charge in [0.1, 0.15) is 0 Å². The Morgan fingerprint density at radius 2 is 2.33 bits per heavy atom. The number of fused-ring (bicyclic) bond motifs is 1. The topological polar surface area (TPSA) is 55.1 Å². The van der Waals surface area contributed by atoms with Crippen molar-refractivity contribution in [1.82, 2.24) is 9.78 Å². The Morgan fingerprint density at radius 3 is 2.93 bits per heavy atom. The number of carboxylic acid groups (broad SMARTS) is 1. The molecule has 1 aliphatic carbocycles. The second-order valence-electron chi connectivity index (χ2n) is 4.46. The third-order valence-corrected chi connectivity index (χ3v) is 3.36. The van der Waals surface area contributed by atoms with Crippen LogP contribution in [0.5, 0.6) is 0 Å². The second-order valence-corrected chi connectivity index (χ2v) is 4.46. The number of aromatic nitrogens is 2. The Bertz CT molecular complexity index is 409. The molecule has 0 fully saturated rings. The monoisotopic (exact) mass is 208 g/mol. The smallest absolute Gasteiger partial charge is 0.303 e. The lowest BCUT2D eigenvalue weighted by Crippen LogP contribution is -2.11. The molecule has 2 atom stereocenters. The van der Waals surface area contributed by atoms with Crippen molar-refractivity contribution in [2.45, 2.75) is 32.6 Å². The number of rotatable bonds is 2. The van der Waals surface area contributed by atoms with E-state index in [4.69, 9.17) is 5.11 Å². The Kier molecular flexibility index (Phi) is 2.29. The molecule has 4 nitrogen and oxygen atoms in total. The first-order valence-corrected chi connectivity index (χ1v) is 5.25. The highest BCUT2D eigenvalue weighted by Crippen LogP contribution is 2.41. The molecule has 1 aromatic heterocycles. The summed E-state index contributed by atoms with van der Waals surface area (Å²) in [4.78, 5) is 10.8. The average Bonchev–Trinajstić information content (AvgIpc) is 2.55. The summed E-state index contributed by atoms with van der Waals surface area (Å²) in [5.74, 6) is -0.159. The molecule has 0 saturated heterocycles. The molecular weight excluding hydrogens is 192 g/mol. The van der Waals surface area contributed by atoms with E-state index in [1.807, 2.05) is 18.7 Å². The van der Waals surface area contributed by atoms with E-state index in [-0.39, 0.29) is 12.3 Å². The predicted octanol–water partition coefficient (Wildman–Crippen LogP) is 1.48. The van der Waals surface area contributed by atoms with E-state index in [9.17, 15) is 4.79 Å². The molecule has 1 aliphatic rings. The van der Waals surface area contributed by atoms with Crippen molar-refractivity contribution >= 4 is 5.97 Å². The second kappa shape index (κ2) is 3.36. The zero-order valence-corrected chi connectivity index (χ0v) is 9.32. The van der Waals surface area contributed by atoms with Crippen LogP contribution in [0.1, 0.15) is 36.2 Å². The third kappa shape index (κ3) is 1.54. The summed E-state index contributed by atoms with van der Waals surface area (Å²) >= 11 is 0. The van der Waals surface area contributed by atoms with Crippen molar-refractivity contribution in [3.8, 4) is 0 Å². The van der Waals surface area contributed by atoms with Crippen molar-refractivity contribution < 1.29 is 9.90 Å². The molecule has 2 rings (SSSR count). The molecule has 0 spiro atoms. The fourth-order valence-corrected chi connectivity index (χ4v) is 2.67. The van der Waals surface area contributed by atoms with Crippen LogP contribution in [-0.2, 0) is 18.3 Å². The molecule has 15 heavy (non-hydrogen) atoms. The molecule has 82 valence electrons. The van der Waals surface area contributed by atoms with E-state index < -0.39 is 5.97 Å². The lowest BCUT2D eigenvalue weighted by atomic mass is 9.90. The molecule has 0 aliphatic heterocycles. The van der Waals surface area contributed by atoms with Crippen molar-refractivity contribution in [1.29, 1.82) is 0 Å². The van der Waals surface area contributed by atoms with Crippen molar-refractivity contribution in [3.05, 3.63) is 17.0 Å². The molecular formula is C11H16N2O2. The molecule has 0 saturated carbocycles. The molecule has 4 heteroatoms. The minimum absolute atomic E-state index is 0.145. The summed E-state index contributed by atoms with van der Waals surface area (Å²) < 4.78 is 1.89. The predicted molar refractivity (Wildman–Crippen MR) is 55.8 cm³/mol. The lowest BCUT2D eigenvalue weighted by Gasteiger charge is -2.13. The van der Waals surface area contributed by atoms with E-state index in [0.29, 0.717) is 5.92 Å². The first-order chi connectivity index (χ1) is 7.00. The number of carbonyl (C=O) groups is 1. The van der Waals surface area contributed by atoms with Gasteiger partial charge in [0, 0.05) is 24.2 Å². The average molecular weight is 208 g/mol. The normalized spacial score (nSPS) is 24.2. The molecule has 2 unspecified atom stereocenters. The van der Waals surface area contributed by atoms with Crippen LogP contribution < -0.4 is 0 Å². The number of nitrogens with zero attached hydrogens (tertiary/aromatic N) is 2. The van der Waals surface area contributed by atoms with E-state index in [0.717, 1.165) is 12.1 Å². The fraction of sp³-hybridized carbons (Fsp3) is 0.636. The summed E-state index contributed by atoms with van der Waals surface area (Å²) in [7, 11) is 1.93. The van der Waals surface area contributed by atoms with Gasteiger partial charge < -0.3 is 5.11 Å². The Balaban J connectivity index is 2.39. The first kappa shape index (κ1) is 10.2. The molecule has 0 bridgehead atoms. The van der Waals surface area contributed by atoms with Crippen LogP contribution in [0, 0.1) is 12.8 Å². The van der Waals surface area contributed by atoms with Crippen molar-refractivity contribution in [2.75, 3.05) is 0 Å². The quantitative estimate of drug-likeness (QED) is 0.800. The van der Waals surface area contributed by atoms with Gasteiger partial charge in [-0.05, 0) is 19.3 Å². The summed E-state index contributed by atoms with van der Waals surface area (Å²) in [6, 6.07) is 0. The van der Waals surface area contributed by atoms with Gasteiger partial charge in [0.25, 0.3) is 0 Å². The molecule has 1 heterocycles. The van der Waals surface area contributed by atoms with Crippen molar-refractivity contribution in [3.63, 3.8) is 0 Å². The highest BCUT2D eigenvalue weighted by Gasteiger charge is 2.35. The number of carboxylic acids is 1. The summed E-state index contributed by atoms with van der Waals surface area (Å²) in [6.07, 6.45) is 1.17. The van der Waals surface area contributed by atoms with E-state index in [1.165, 1.54) is 11.3 Å². The zero-order chi connectivity index (χ0) is 11.2. The highest BCUT2D eigenvalue weighted by molar-refractivity contribution is 5.68. The molecule has 0 aromatic carbocycles.